The van der Waals surface area contributed by atoms with Gasteiger partial charge in [-0.15, -0.1) is 0 Å². The maximum Gasteiger partial charge on any atom is 0.221 e. The summed E-state index contributed by atoms with van der Waals surface area (Å²) in [5, 5.41) is 6.02. The summed E-state index contributed by atoms with van der Waals surface area (Å²) < 4.78 is 0. The van der Waals surface area contributed by atoms with Crippen molar-refractivity contribution >= 4 is 40.1 Å². The number of amidine groups is 1. The lowest BCUT2D eigenvalue weighted by molar-refractivity contribution is 0.933. The Kier molecular flexibility index (Phi) is 3.08. The van der Waals surface area contributed by atoms with Gasteiger partial charge in [-0.1, -0.05) is 29.8 Å². The normalized spacial score (nSPS) is 20.0. The molecule has 0 aromatic heterocycles. The van der Waals surface area contributed by atoms with Gasteiger partial charge in [0.15, 0.2) is 0 Å². The Morgan fingerprint density at radius 2 is 1.93 bits per heavy atom. The average Bonchev–Trinajstić information content (AvgIpc) is 2.17. The number of hydrogen-bond acceptors (Lipinski definition) is 4. The Morgan fingerprint density at radius 1 is 1.20 bits per heavy atom. The van der Waals surface area contributed by atoms with Gasteiger partial charge in [0.1, 0.15) is 0 Å². The lowest BCUT2D eigenvalue weighted by Gasteiger charge is -2.15. The molecule has 0 bridgehead atoms. The van der Waals surface area contributed by atoms with E-state index in [1.165, 1.54) is 0 Å². The number of guanidine groups is 1. The summed E-state index contributed by atoms with van der Waals surface area (Å²) in [5.41, 5.74) is 0.226. The Morgan fingerprint density at radius 3 is 2.60 bits per heavy atom. The van der Waals surface area contributed by atoms with E-state index < -0.39 is 5.62 Å². The molecule has 6 heteroatoms. The Labute approximate surface area is 97.0 Å². The summed E-state index contributed by atoms with van der Waals surface area (Å²) in [7, 11) is 0. The fraction of sp³-hybridized carbons (Fsp3) is 0.111. The van der Waals surface area contributed by atoms with Crippen molar-refractivity contribution in [2.24, 2.45) is 9.98 Å². The van der Waals surface area contributed by atoms with Crippen molar-refractivity contribution < 1.29 is 0 Å². The van der Waals surface area contributed by atoms with Gasteiger partial charge in [-0.05, 0) is 23.7 Å². The SMILES string of the molecule is ClC1=NC(Cl)N=C(Nc2ccccc2)N1. The number of para-hydroxylation sites is 1. The summed E-state index contributed by atoms with van der Waals surface area (Å²) in [6, 6.07) is 9.58. The van der Waals surface area contributed by atoms with Crippen molar-refractivity contribution in [3.8, 4) is 0 Å². The monoisotopic (exact) mass is 242 g/mol. The zero-order valence-electron chi connectivity index (χ0n) is 7.61. The second kappa shape index (κ2) is 4.51. The highest BCUT2D eigenvalue weighted by molar-refractivity contribution is 6.66. The van der Waals surface area contributed by atoms with Crippen molar-refractivity contribution in [2.75, 3.05) is 5.32 Å². The lowest BCUT2D eigenvalue weighted by Crippen LogP contribution is -2.37. The van der Waals surface area contributed by atoms with Crippen LogP contribution in [0.15, 0.2) is 40.3 Å². The van der Waals surface area contributed by atoms with Gasteiger partial charge >= 0.3 is 0 Å². The van der Waals surface area contributed by atoms with E-state index >= 15 is 0 Å². The molecule has 1 aliphatic rings. The lowest BCUT2D eigenvalue weighted by atomic mass is 10.3. The number of nitrogens with zero attached hydrogens (tertiary/aromatic N) is 2. The summed E-state index contributed by atoms with van der Waals surface area (Å²) in [4.78, 5) is 7.80. The molecule has 2 rings (SSSR count). The average molecular weight is 243 g/mol. The predicted molar refractivity (Wildman–Crippen MR) is 63.6 cm³/mol. The van der Waals surface area contributed by atoms with E-state index in [4.69, 9.17) is 23.2 Å². The molecule has 0 fully saturated rings. The van der Waals surface area contributed by atoms with Crippen molar-refractivity contribution in [1.82, 2.24) is 5.32 Å². The molecular formula is C9H8Cl2N4. The molecule has 1 heterocycles. The highest BCUT2D eigenvalue weighted by Gasteiger charge is 2.12. The van der Waals surface area contributed by atoms with E-state index in [1.54, 1.807) is 0 Å². The van der Waals surface area contributed by atoms with Crippen LogP contribution >= 0.6 is 23.2 Å². The minimum absolute atomic E-state index is 0.225. The number of benzene rings is 1. The summed E-state index contributed by atoms with van der Waals surface area (Å²) in [6.45, 7) is 0. The van der Waals surface area contributed by atoms with Gasteiger partial charge < -0.3 is 10.6 Å². The van der Waals surface area contributed by atoms with Crippen LogP contribution in [0.4, 0.5) is 5.69 Å². The van der Waals surface area contributed by atoms with Crippen LogP contribution in [0.25, 0.3) is 0 Å². The topological polar surface area (TPSA) is 48.8 Å². The molecule has 78 valence electrons. The number of rotatable bonds is 1. The minimum atomic E-state index is -0.676. The Balaban J connectivity index is 2.08. The van der Waals surface area contributed by atoms with Crippen molar-refractivity contribution in [2.45, 2.75) is 5.62 Å². The maximum absolute atomic E-state index is 5.73. The van der Waals surface area contributed by atoms with Crippen molar-refractivity contribution in [3.05, 3.63) is 30.3 Å². The quantitative estimate of drug-likeness (QED) is 0.586. The molecule has 0 aliphatic carbocycles. The number of hydrogen-bond donors (Lipinski definition) is 2. The molecule has 4 nitrogen and oxygen atoms in total. The molecule has 15 heavy (non-hydrogen) atoms. The molecule has 1 aromatic carbocycles. The van der Waals surface area contributed by atoms with Crippen LogP contribution in [0, 0.1) is 0 Å². The summed E-state index contributed by atoms with van der Waals surface area (Å²) >= 11 is 11.4. The van der Waals surface area contributed by atoms with Gasteiger partial charge in [-0.3, -0.25) is 0 Å². The molecule has 0 amide bonds. The fourth-order valence-corrected chi connectivity index (χ4v) is 1.54. The second-order valence-corrected chi connectivity index (χ2v) is 3.57. The zero-order valence-corrected chi connectivity index (χ0v) is 9.13. The maximum atomic E-state index is 5.73. The first kappa shape index (κ1) is 10.3. The van der Waals surface area contributed by atoms with E-state index in [9.17, 15) is 0 Å². The van der Waals surface area contributed by atoms with Crippen LogP contribution in [0.2, 0.25) is 0 Å². The van der Waals surface area contributed by atoms with Crippen molar-refractivity contribution in [1.29, 1.82) is 0 Å². The van der Waals surface area contributed by atoms with Crippen LogP contribution in [0.3, 0.4) is 0 Å². The highest BCUT2D eigenvalue weighted by atomic mass is 35.5. The standard InChI is InChI=1S/C9H8Cl2N4/c10-7-13-8(11)15-9(14-7)12-6-4-2-1-3-5-6/h1-5,7H,(H2,12,13,14,15). The van der Waals surface area contributed by atoms with Gasteiger partial charge in [0.05, 0.1) is 0 Å². The Bertz CT molecular complexity index is 402. The molecular weight excluding hydrogens is 235 g/mol. The van der Waals surface area contributed by atoms with Crippen LogP contribution in [-0.2, 0) is 0 Å². The number of nitrogens with one attached hydrogen (secondary N) is 2. The number of aliphatic imine (C=N–C) groups is 2. The molecule has 2 N–H and O–H groups in total. The number of anilines is 1. The third-order valence-electron chi connectivity index (χ3n) is 1.71. The summed E-state index contributed by atoms with van der Waals surface area (Å²) in [5.74, 6) is 0.487. The second-order valence-electron chi connectivity index (χ2n) is 2.82. The fourth-order valence-electron chi connectivity index (χ4n) is 1.11. The first-order valence-corrected chi connectivity index (χ1v) is 5.10. The number of halogens is 2. The Hall–Kier alpha value is -1.26. The predicted octanol–water partition coefficient (Wildman–Crippen LogP) is 2.17. The molecule has 0 radical (unpaired) electrons. The zero-order chi connectivity index (χ0) is 10.7. The first-order chi connectivity index (χ1) is 7.24. The van der Waals surface area contributed by atoms with E-state index in [0.29, 0.717) is 5.96 Å². The molecule has 0 saturated heterocycles. The van der Waals surface area contributed by atoms with E-state index in [-0.39, 0.29) is 5.29 Å². The van der Waals surface area contributed by atoms with Gasteiger partial charge in [-0.2, -0.15) is 0 Å². The van der Waals surface area contributed by atoms with Crippen LogP contribution in [0.1, 0.15) is 0 Å². The third-order valence-corrected chi connectivity index (χ3v) is 2.10. The van der Waals surface area contributed by atoms with Gasteiger partial charge in [-0.25, -0.2) is 9.98 Å². The molecule has 0 spiro atoms. The first-order valence-electron chi connectivity index (χ1n) is 4.28. The minimum Gasteiger partial charge on any atom is -0.326 e. The molecule has 1 unspecified atom stereocenters. The van der Waals surface area contributed by atoms with E-state index in [1.807, 2.05) is 30.3 Å². The van der Waals surface area contributed by atoms with Gasteiger partial charge in [0.25, 0.3) is 0 Å². The van der Waals surface area contributed by atoms with Crippen LogP contribution < -0.4 is 10.6 Å². The van der Waals surface area contributed by atoms with Gasteiger partial charge in [0, 0.05) is 5.69 Å². The molecule has 1 aliphatic heterocycles. The largest absolute Gasteiger partial charge is 0.326 e. The number of alkyl halides is 1. The van der Waals surface area contributed by atoms with Crippen molar-refractivity contribution in [3.63, 3.8) is 0 Å². The summed E-state index contributed by atoms with van der Waals surface area (Å²) in [6.07, 6.45) is 0. The van der Waals surface area contributed by atoms with Crippen LogP contribution in [0.5, 0.6) is 0 Å². The van der Waals surface area contributed by atoms with E-state index in [0.717, 1.165) is 5.69 Å². The third kappa shape index (κ3) is 2.84. The molecule has 1 atom stereocenters. The van der Waals surface area contributed by atoms with Crippen LogP contribution in [-0.4, -0.2) is 16.9 Å². The highest BCUT2D eigenvalue weighted by Crippen LogP contribution is 2.09. The molecule has 0 saturated carbocycles. The smallest absolute Gasteiger partial charge is 0.221 e. The molecule has 1 aromatic rings. The van der Waals surface area contributed by atoms with Gasteiger partial charge in [0.2, 0.25) is 16.9 Å². The van der Waals surface area contributed by atoms with E-state index in [2.05, 4.69) is 20.6 Å².